The number of carbonyl (C=O) groups is 1. The lowest BCUT2D eigenvalue weighted by molar-refractivity contribution is -0.384. The summed E-state index contributed by atoms with van der Waals surface area (Å²) in [7, 11) is 1.29. The molecule has 0 atom stereocenters. The van der Waals surface area contributed by atoms with E-state index in [0.29, 0.717) is 17.1 Å². The van der Waals surface area contributed by atoms with Crippen molar-refractivity contribution in [2.45, 2.75) is 13.5 Å². The third kappa shape index (κ3) is 3.03. The minimum atomic E-state index is -0.516. The molecule has 0 aliphatic rings. The fourth-order valence-electron chi connectivity index (χ4n) is 1.88. The number of nitro groups is 1. The number of hydrogen-bond acceptors (Lipinski definition) is 5. The van der Waals surface area contributed by atoms with E-state index in [2.05, 4.69) is 9.72 Å². The topological polar surface area (TPSA) is 87.3 Å². The van der Waals surface area contributed by atoms with Gasteiger partial charge in [0.25, 0.3) is 5.69 Å². The first-order valence-electron chi connectivity index (χ1n) is 5.97. The van der Waals surface area contributed by atoms with Crippen LogP contribution in [-0.4, -0.2) is 27.6 Å². The number of ether oxygens (including phenoxy) is 1. The van der Waals surface area contributed by atoms with Crippen LogP contribution < -0.4 is 0 Å². The molecule has 21 heavy (non-hydrogen) atoms. The lowest BCUT2D eigenvalue weighted by Gasteiger charge is -2.10. The van der Waals surface area contributed by atoms with Gasteiger partial charge in [-0.05, 0) is 18.6 Å². The molecule has 2 rings (SSSR count). The molecule has 1 heterocycles. The van der Waals surface area contributed by atoms with Crippen molar-refractivity contribution in [3.05, 3.63) is 56.6 Å². The van der Waals surface area contributed by atoms with E-state index in [4.69, 9.17) is 11.6 Å². The van der Waals surface area contributed by atoms with Gasteiger partial charge in [0.1, 0.15) is 11.5 Å². The third-order valence-electron chi connectivity index (χ3n) is 3.03. The molecule has 1 aromatic carbocycles. The molecule has 0 radical (unpaired) electrons. The monoisotopic (exact) mass is 309 g/mol. The minimum Gasteiger partial charge on any atom is -0.464 e. The molecular formula is C13H12ClN3O4. The summed E-state index contributed by atoms with van der Waals surface area (Å²) in [5.74, 6) is 0.110. The highest BCUT2D eigenvalue weighted by Crippen LogP contribution is 2.24. The molecular weight excluding hydrogens is 298 g/mol. The second-order valence-corrected chi connectivity index (χ2v) is 4.71. The Morgan fingerprint density at radius 1 is 1.52 bits per heavy atom. The molecule has 0 saturated carbocycles. The molecule has 0 N–H and O–H groups in total. The zero-order valence-corrected chi connectivity index (χ0v) is 12.1. The Labute approximate surface area is 125 Å². The SMILES string of the molecule is COC(=O)c1cnc(C)n1Cc1ccc([N+](=O)[O-])cc1Cl. The molecule has 0 bridgehead atoms. The van der Waals surface area contributed by atoms with Crippen LogP contribution in [0.1, 0.15) is 21.9 Å². The molecule has 0 fully saturated rings. The smallest absolute Gasteiger partial charge is 0.356 e. The molecule has 0 aliphatic carbocycles. The fourth-order valence-corrected chi connectivity index (χ4v) is 2.12. The Balaban J connectivity index is 2.37. The minimum absolute atomic E-state index is 0.0840. The van der Waals surface area contributed by atoms with Crippen molar-refractivity contribution < 1.29 is 14.5 Å². The summed E-state index contributed by atoms with van der Waals surface area (Å²) < 4.78 is 6.32. The summed E-state index contributed by atoms with van der Waals surface area (Å²) >= 11 is 6.05. The summed E-state index contributed by atoms with van der Waals surface area (Å²) in [5, 5.41) is 10.9. The largest absolute Gasteiger partial charge is 0.464 e. The number of rotatable bonds is 4. The van der Waals surface area contributed by atoms with Gasteiger partial charge in [-0.2, -0.15) is 0 Å². The number of halogens is 1. The number of methoxy groups -OCH3 is 1. The van der Waals surface area contributed by atoms with Crippen LogP contribution in [0.4, 0.5) is 5.69 Å². The Morgan fingerprint density at radius 2 is 2.24 bits per heavy atom. The van der Waals surface area contributed by atoms with E-state index in [1.165, 1.54) is 25.4 Å². The van der Waals surface area contributed by atoms with Crippen molar-refractivity contribution >= 4 is 23.3 Å². The van der Waals surface area contributed by atoms with Crippen molar-refractivity contribution in [2.24, 2.45) is 0 Å². The van der Waals surface area contributed by atoms with E-state index in [1.54, 1.807) is 17.6 Å². The van der Waals surface area contributed by atoms with Crippen molar-refractivity contribution in [1.82, 2.24) is 9.55 Å². The van der Waals surface area contributed by atoms with E-state index in [1.807, 2.05) is 0 Å². The number of aryl methyl sites for hydroxylation is 1. The van der Waals surface area contributed by atoms with Crippen LogP contribution in [0.5, 0.6) is 0 Å². The number of carbonyl (C=O) groups excluding carboxylic acids is 1. The molecule has 0 amide bonds. The molecule has 1 aromatic heterocycles. The van der Waals surface area contributed by atoms with Gasteiger partial charge in [-0.15, -0.1) is 0 Å². The van der Waals surface area contributed by atoms with E-state index < -0.39 is 10.9 Å². The second-order valence-electron chi connectivity index (χ2n) is 4.30. The summed E-state index contributed by atoms with van der Waals surface area (Å²) in [5.41, 5.74) is 0.859. The average molecular weight is 310 g/mol. The highest BCUT2D eigenvalue weighted by atomic mass is 35.5. The van der Waals surface area contributed by atoms with Crippen LogP contribution in [0.25, 0.3) is 0 Å². The zero-order valence-electron chi connectivity index (χ0n) is 11.4. The van der Waals surface area contributed by atoms with Gasteiger partial charge in [0.2, 0.25) is 0 Å². The second kappa shape index (κ2) is 5.92. The van der Waals surface area contributed by atoms with Crippen LogP contribution in [0, 0.1) is 17.0 Å². The number of nitro benzene ring substituents is 1. The van der Waals surface area contributed by atoms with Gasteiger partial charge in [-0.1, -0.05) is 11.6 Å². The maximum absolute atomic E-state index is 11.7. The first kappa shape index (κ1) is 15.0. The fraction of sp³-hybridized carbons (Fsp3) is 0.231. The molecule has 0 aliphatic heterocycles. The number of benzene rings is 1. The first-order chi connectivity index (χ1) is 9.93. The first-order valence-corrected chi connectivity index (χ1v) is 6.35. The number of non-ortho nitro benzene ring substituents is 1. The summed E-state index contributed by atoms with van der Waals surface area (Å²) in [6, 6.07) is 4.20. The third-order valence-corrected chi connectivity index (χ3v) is 3.38. The van der Waals surface area contributed by atoms with Gasteiger partial charge in [-0.3, -0.25) is 10.1 Å². The maximum atomic E-state index is 11.7. The predicted octanol–water partition coefficient (Wildman–Crippen LogP) is 2.59. The molecule has 2 aromatic rings. The molecule has 0 unspecified atom stereocenters. The van der Waals surface area contributed by atoms with Gasteiger partial charge in [0.15, 0.2) is 0 Å². The summed E-state index contributed by atoms with van der Waals surface area (Å²) in [6.45, 7) is 2.01. The number of imidazole rings is 1. The number of aromatic nitrogens is 2. The Kier molecular flexibility index (Phi) is 4.23. The maximum Gasteiger partial charge on any atom is 0.356 e. The standard InChI is InChI=1S/C13H12ClN3O4/c1-8-15-6-12(13(18)21-2)16(8)7-9-3-4-10(17(19)20)5-11(9)14/h3-6H,7H2,1-2H3. The van der Waals surface area contributed by atoms with Gasteiger partial charge in [0, 0.05) is 12.1 Å². The van der Waals surface area contributed by atoms with Crippen LogP contribution in [0.15, 0.2) is 24.4 Å². The van der Waals surface area contributed by atoms with Crippen LogP contribution in [-0.2, 0) is 11.3 Å². The van der Waals surface area contributed by atoms with Crippen molar-refractivity contribution in [3.63, 3.8) is 0 Å². The average Bonchev–Trinajstić information content (AvgIpc) is 2.81. The highest BCUT2D eigenvalue weighted by molar-refractivity contribution is 6.31. The van der Waals surface area contributed by atoms with Gasteiger partial charge >= 0.3 is 5.97 Å². The van der Waals surface area contributed by atoms with E-state index >= 15 is 0 Å². The normalized spacial score (nSPS) is 10.4. The van der Waals surface area contributed by atoms with Crippen LogP contribution >= 0.6 is 11.6 Å². The van der Waals surface area contributed by atoms with Crippen molar-refractivity contribution in [3.8, 4) is 0 Å². The Bertz CT molecular complexity index is 711. The summed E-state index contributed by atoms with van der Waals surface area (Å²) in [4.78, 5) is 25.9. The van der Waals surface area contributed by atoms with E-state index in [-0.39, 0.29) is 17.3 Å². The Hall–Kier alpha value is -2.41. The number of esters is 1. The van der Waals surface area contributed by atoms with Crippen molar-refractivity contribution in [2.75, 3.05) is 7.11 Å². The highest BCUT2D eigenvalue weighted by Gasteiger charge is 2.17. The van der Waals surface area contributed by atoms with Crippen LogP contribution in [0.2, 0.25) is 5.02 Å². The number of hydrogen-bond donors (Lipinski definition) is 0. The zero-order chi connectivity index (χ0) is 15.6. The quantitative estimate of drug-likeness (QED) is 0.492. The summed E-state index contributed by atoms with van der Waals surface area (Å²) in [6.07, 6.45) is 1.42. The molecule has 110 valence electrons. The molecule has 7 nitrogen and oxygen atoms in total. The number of nitrogens with zero attached hydrogens (tertiary/aromatic N) is 3. The Morgan fingerprint density at radius 3 is 2.81 bits per heavy atom. The van der Waals surface area contributed by atoms with Crippen molar-refractivity contribution in [1.29, 1.82) is 0 Å². The van der Waals surface area contributed by atoms with Crippen LogP contribution in [0.3, 0.4) is 0 Å². The predicted molar refractivity (Wildman–Crippen MR) is 75.5 cm³/mol. The van der Waals surface area contributed by atoms with Gasteiger partial charge in [0.05, 0.1) is 29.8 Å². The lowest BCUT2D eigenvalue weighted by atomic mass is 10.2. The molecule has 8 heteroatoms. The lowest BCUT2D eigenvalue weighted by Crippen LogP contribution is -2.13. The van der Waals surface area contributed by atoms with Gasteiger partial charge in [-0.25, -0.2) is 9.78 Å². The van der Waals surface area contributed by atoms with E-state index in [0.717, 1.165) is 0 Å². The van der Waals surface area contributed by atoms with E-state index in [9.17, 15) is 14.9 Å². The van der Waals surface area contributed by atoms with Gasteiger partial charge < -0.3 is 9.30 Å². The molecule has 0 saturated heterocycles. The molecule has 0 spiro atoms.